The zero-order valence-electron chi connectivity index (χ0n) is 10.9. The molecule has 0 spiro atoms. The number of piperidine rings is 1. The Hall–Kier alpha value is -2.05. The first-order valence-electron chi connectivity index (χ1n) is 6.30. The summed E-state index contributed by atoms with van der Waals surface area (Å²) >= 11 is 0. The molecule has 1 fully saturated rings. The Morgan fingerprint density at radius 3 is 2.68 bits per heavy atom. The third-order valence-electron chi connectivity index (χ3n) is 3.32. The SMILES string of the molecule is Cn1ccc(CNC(=O)N2CCC(C(=O)O)CC2)n1. The van der Waals surface area contributed by atoms with Gasteiger partial charge in [0.2, 0.25) is 0 Å². The van der Waals surface area contributed by atoms with Crippen molar-refractivity contribution in [1.29, 1.82) is 0 Å². The predicted octanol–water partition coefficient (Wildman–Crippen LogP) is 0.426. The number of carboxylic acid groups (broad SMARTS) is 1. The molecule has 2 rings (SSSR count). The number of urea groups is 1. The van der Waals surface area contributed by atoms with Crippen molar-refractivity contribution < 1.29 is 14.7 Å². The van der Waals surface area contributed by atoms with Gasteiger partial charge in [-0.15, -0.1) is 0 Å². The zero-order chi connectivity index (χ0) is 13.8. The van der Waals surface area contributed by atoms with Crippen molar-refractivity contribution in [2.75, 3.05) is 13.1 Å². The number of likely N-dealkylation sites (tertiary alicyclic amines) is 1. The fourth-order valence-electron chi connectivity index (χ4n) is 2.16. The van der Waals surface area contributed by atoms with Gasteiger partial charge in [-0.2, -0.15) is 5.10 Å². The summed E-state index contributed by atoms with van der Waals surface area (Å²) in [5.41, 5.74) is 0.802. The van der Waals surface area contributed by atoms with Crippen molar-refractivity contribution in [3.63, 3.8) is 0 Å². The topological polar surface area (TPSA) is 87.5 Å². The summed E-state index contributed by atoms with van der Waals surface area (Å²) in [5.74, 6) is -1.09. The average molecular weight is 266 g/mol. The number of aliphatic carboxylic acids is 1. The van der Waals surface area contributed by atoms with E-state index in [1.807, 2.05) is 19.3 Å². The molecule has 1 saturated heterocycles. The van der Waals surface area contributed by atoms with Crippen LogP contribution in [0.3, 0.4) is 0 Å². The van der Waals surface area contributed by atoms with Gasteiger partial charge in [0.15, 0.2) is 0 Å². The minimum atomic E-state index is -0.770. The van der Waals surface area contributed by atoms with Gasteiger partial charge in [-0.3, -0.25) is 9.48 Å². The molecule has 2 N–H and O–H groups in total. The lowest BCUT2D eigenvalue weighted by molar-refractivity contribution is -0.143. The van der Waals surface area contributed by atoms with E-state index >= 15 is 0 Å². The van der Waals surface area contributed by atoms with Gasteiger partial charge < -0.3 is 15.3 Å². The standard InChI is InChI=1S/C12H18N4O3/c1-15-5-4-10(14-15)8-13-12(19)16-6-2-9(3-7-16)11(17)18/h4-5,9H,2-3,6-8H2,1H3,(H,13,19)(H,17,18). The van der Waals surface area contributed by atoms with E-state index in [9.17, 15) is 9.59 Å². The number of aryl methyl sites for hydroxylation is 1. The van der Waals surface area contributed by atoms with E-state index in [4.69, 9.17) is 5.11 Å². The van der Waals surface area contributed by atoms with Crippen LogP contribution in [0.1, 0.15) is 18.5 Å². The second kappa shape index (κ2) is 5.73. The fraction of sp³-hybridized carbons (Fsp3) is 0.583. The van der Waals surface area contributed by atoms with Gasteiger partial charge in [-0.25, -0.2) is 4.79 Å². The van der Waals surface area contributed by atoms with Crippen LogP contribution in [-0.2, 0) is 18.4 Å². The highest BCUT2D eigenvalue weighted by Crippen LogP contribution is 2.17. The monoisotopic (exact) mass is 266 g/mol. The van der Waals surface area contributed by atoms with Crippen molar-refractivity contribution in [3.05, 3.63) is 18.0 Å². The number of carboxylic acids is 1. The summed E-state index contributed by atoms with van der Waals surface area (Å²) in [4.78, 5) is 24.4. The van der Waals surface area contributed by atoms with Crippen LogP contribution in [0, 0.1) is 5.92 Å². The molecule has 0 unspecified atom stereocenters. The summed E-state index contributed by atoms with van der Waals surface area (Å²) in [6.07, 6.45) is 2.86. The molecule has 7 heteroatoms. The maximum Gasteiger partial charge on any atom is 0.317 e. The highest BCUT2D eigenvalue weighted by Gasteiger charge is 2.26. The molecule has 0 aliphatic carbocycles. The van der Waals surface area contributed by atoms with E-state index in [1.165, 1.54) is 0 Å². The summed E-state index contributed by atoms with van der Waals surface area (Å²) in [5, 5.41) is 15.8. The molecular weight excluding hydrogens is 248 g/mol. The zero-order valence-corrected chi connectivity index (χ0v) is 10.9. The van der Waals surface area contributed by atoms with Crippen molar-refractivity contribution >= 4 is 12.0 Å². The second-order valence-corrected chi connectivity index (χ2v) is 4.74. The van der Waals surface area contributed by atoms with E-state index in [0.717, 1.165) is 5.69 Å². The summed E-state index contributed by atoms with van der Waals surface area (Å²) in [6.45, 7) is 1.37. The number of rotatable bonds is 3. The first kappa shape index (κ1) is 13.4. The number of carbonyl (C=O) groups excluding carboxylic acids is 1. The number of nitrogens with zero attached hydrogens (tertiary/aromatic N) is 3. The van der Waals surface area contributed by atoms with E-state index in [0.29, 0.717) is 32.5 Å². The molecule has 0 bridgehead atoms. The average Bonchev–Trinajstić information content (AvgIpc) is 2.82. The van der Waals surface area contributed by atoms with Crippen LogP contribution in [0.2, 0.25) is 0 Å². The minimum absolute atomic E-state index is 0.158. The normalized spacial score (nSPS) is 16.4. The van der Waals surface area contributed by atoms with Gasteiger partial charge in [-0.05, 0) is 18.9 Å². The van der Waals surface area contributed by atoms with Gasteiger partial charge in [0.1, 0.15) is 0 Å². The molecule has 1 aliphatic rings. The van der Waals surface area contributed by atoms with E-state index in [1.54, 1.807) is 9.58 Å². The minimum Gasteiger partial charge on any atom is -0.481 e. The molecule has 0 aromatic carbocycles. The smallest absolute Gasteiger partial charge is 0.317 e. The Morgan fingerprint density at radius 2 is 2.16 bits per heavy atom. The molecular formula is C12H18N4O3. The second-order valence-electron chi connectivity index (χ2n) is 4.74. The van der Waals surface area contributed by atoms with Gasteiger partial charge in [0, 0.05) is 26.3 Å². The molecule has 1 aromatic rings. The molecule has 7 nitrogen and oxygen atoms in total. The Morgan fingerprint density at radius 1 is 1.47 bits per heavy atom. The first-order valence-corrected chi connectivity index (χ1v) is 6.30. The Bertz CT molecular complexity index is 463. The summed E-state index contributed by atoms with van der Waals surface area (Å²) in [6, 6.07) is 1.69. The summed E-state index contributed by atoms with van der Waals surface area (Å²) in [7, 11) is 1.82. The number of carbonyl (C=O) groups is 2. The summed E-state index contributed by atoms with van der Waals surface area (Å²) < 4.78 is 1.68. The molecule has 104 valence electrons. The van der Waals surface area contributed by atoms with E-state index < -0.39 is 5.97 Å². The molecule has 0 saturated carbocycles. The Kier molecular flexibility index (Phi) is 4.03. The Labute approximate surface area is 111 Å². The maximum atomic E-state index is 11.9. The predicted molar refractivity (Wildman–Crippen MR) is 67.4 cm³/mol. The van der Waals surface area contributed by atoms with E-state index in [2.05, 4.69) is 10.4 Å². The van der Waals surface area contributed by atoms with Crippen LogP contribution in [-0.4, -0.2) is 44.9 Å². The molecule has 1 aromatic heterocycles. The first-order chi connectivity index (χ1) is 9.06. The third-order valence-corrected chi connectivity index (χ3v) is 3.32. The third kappa shape index (κ3) is 3.46. The van der Waals surface area contributed by atoms with E-state index in [-0.39, 0.29) is 11.9 Å². The van der Waals surface area contributed by atoms with Crippen LogP contribution in [0.15, 0.2) is 12.3 Å². The lowest BCUT2D eigenvalue weighted by atomic mass is 9.97. The largest absolute Gasteiger partial charge is 0.481 e. The maximum absolute atomic E-state index is 11.9. The van der Waals surface area contributed by atoms with Gasteiger partial charge in [-0.1, -0.05) is 0 Å². The molecule has 2 amide bonds. The fourth-order valence-corrected chi connectivity index (χ4v) is 2.16. The van der Waals surface area contributed by atoms with Crippen molar-refractivity contribution in [2.45, 2.75) is 19.4 Å². The van der Waals surface area contributed by atoms with Crippen LogP contribution in [0.25, 0.3) is 0 Å². The van der Waals surface area contributed by atoms with Crippen molar-refractivity contribution in [3.8, 4) is 0 Å². The van der Waals surface area contributed by atoms with Crippen LogP contribution in [0.5, 0.6) is 0 Å². The molecule has 1 aliphatic heterocycles. The molecule has 0 radical (unpaired) electrons. The molecule has 2 heterocycles. The van der Waals surface area contributed by atoms with Gasteiger partial charge in [0.05, 0.1) is 18.2 Å². The quantitative estimate of drug-likeness (QED) is 0.830. The van der Waals surface area contributed by atoms with Gasteiger partial charge >= 0.3 is 12.0 Å². The highest BCUT2D eigenvalue weighted by atomic mass is 16.4. The van der Waals surface area contributed by atoms with Crippen molar-refractivity contribution in [2.24, 2.45) is 13.0 Å². The molecule has 19 heavy (non-hydrogen) atoms. The number of hydrogen-bond donors (Lipinski definition) is 2. The highest BCUT2D eigenvalue weighted by molar-refractivity contribution is 5.75. The number of aromatic nitrogens is 2. The lowest BCUT2D eigenvalue weighted by Crippen LogP contribution is -2.45. The number of nitrogens with one attached hydrogen (secondary N) is 1. The van der Waals surface area contributed by atoms with Crippen LogP contribution in [0.4, 0.5) is 4.79 Å². The van der Waals surface area contributed by atoms with Crippen LogP contribution < -0.4 is 5.32 Å². The van der Waals surface area contributed by atoms with Gasteiger partial charge in [0.25, 0.3) is 0 Å². The number of hydrogen-bond acceptors (Lipinski definition) is 3. The molecule has 0 atom stereocenters. The number of amides is 2. The lowest BCUT2D eigenvalue weighted by Gasteiger charge is -2.30. The van der Waals surface area contributed by atoms with Crippen LogP contribution >= 0.6 is 0 Å². The van der Waals surface area contributed by atoms with Crippen molar-refractivity contribution in [1.82, 2.24) is 20.0 Å². The Balaban J connectivity index is 1.77.